The molecule has 2 aromatic rings. The van der Waals surface area contributed by atoms with Gasteiger partial charge < -0.3 is 15.2 Å². The molecule has 0 aliphatic rings. The number of aliphatic hydroxyl groups is 1. The van der Waals surface area contributed by atoms with Crippen LogP contribution in [0.15, 0.2) is 24.4 Å². The molecule has 0 aliphatic carbocycles. The van der Waals surface area contributed by atoms with E-state index in [4.69, 9.17) is 5.73 Å². The number of aromatic nitrogens is 2. The molecule has 0 fully saturated rings. The Balaban J connectivity index is 2.67. The molecule has 2 aromatic heterocycles. The first-order valence-electron chi connectivity index (χ1n) is 4.55. The van der Waals surface area contributed by atoms with E-state index in [0.717, 1.165) is 17.0 Å². The molecular weight excluding hydrogens is 178 g/mol. The van der Waals surface area contributed by atoms with E-state index in [1.807, 2.05) is 35.7 Å². The minimum absolute atomic E-state index is 0.212. The smallest absolute Gasteiger partial charge is 0.137 e. The summed E-state index contributed by atoms with van der Waals surface area (Å²) in [6.45, 7) is 2.09. The van der Waals surface area contributed by atoms with Crippen molar-refractivity contribution in [2.75, 3.05) is 6.54 Å². The van der Waals surface area contributed by atoms with E-state index in [9.17, 15) is 5.11 Å². The van der Waals surface area contributed by atoms with Gasteiger partial charge in [-0.15, -0.1) is 0 Å². The summed E-state index contributed by atoms with van der Waals surface area (Å²) in [5.74, 6) is 0. The number of imidazole rings is 1. The van der Waals surface area contributed by atoms with Crippen LogP contribution in [-0.2, 0) is 0 Å². The SMILES string of the molecule is Cc1nc2ccccn2c1C(O)CN. The average Bonchev–Trinajstić information content (AvgIpc) is 2.53. The van der Waals surface area contributed by atoms with Crippen LogP contribution in [0.5, 0.6) is 0 Å². The lowest BCUT2D eigenvalue weighted by Crippen LogP contribution is -2.14. The van der Waals surface area contributed by atoms with Crippen LogP contribution in [-0.4, -0.2) is 21.0 Å². The average molecular weight is 191 g/mol. The van der Waals surface area contributed by atoms with Crippen LogP contribution in [0.3, 0.4) is 0 Å². The topological polar surface area (TPSA) is 63.5 Å². The summed E-state index contributed by atoms with van der Waals surface area (Å²) >= 11 is 0. The zero-order chi connectivity index (χ0) is 10.1. The van der Waals surface area contributed by atoms with E-state index in [1.165, 1.54) is 0 Å². The van der Waals surface area contributed by atoms with Gasteiger partial charge in [-0.2, -0.15) is 0 Å². The summed E-state index contributed by atoms with van der Waals surface area (Å²) in [6, 6.07) is 5.72. The van der Waals surface area contributed by atoms with E-state index >= 15 is 0 Å². The number of pyridine rings is 1. The van der Waals surface area contributed by atoms with Gasteiger partial charge in [-0.1, -0.05) is 6.07 Å². The molecule has 74 valence electrons. The van der Waals surface area contributed by atoms with Gasteiger partial charge >= 0.3 is 0 Å². The van der Waals surface area contributed by atoms with Crippen molar-refractivity contribution < 1.29 is 5.11 Å². The number of fused-ring (bicyclic) bond motifs is 1. The van der Waals surface area contributed by atoms with Crippen molar-refractivity contribution in [3.05, 3.63) is 35.8 Å². The van der Waals surface area contributed by atoms with Gasteiger partial charge in [-0.3, -0.25) is 0 Å². The highest BCUT2D eigenvalue weighted by Crippen LogP contribution is 2.18. The standard InChI is InChI=1S/C10H13N3O/c1-7-10(8(14)6-11)13-5-3-2-4-9(13)12-7/h2-5,8,14H,6,11H2,1H3. The summed E-state index contributed by atoms with van der Waals surface area (Å²) in [6.07, 6.45) is 1.23. The number of aryl methyl sites for hydroxylation is 1. The third-order valence-electron chi connectivity index (χ3n) is 2.29. The fourth-order valence-electron chi connectivity index (χ4n) is 1.65. The Morgan fingerprint density at radius 3 is 3.07 bits per heavy atom. The second-order valence-corrected chi connectivity index (χ2v) is 3.26. The highest BCUT2D eigenvalue weighted by atomic mass is 16.3. The number of rotatable bonds is 2. The van der Waals surface area contributed by atoms with Crippen LogP contribution < -0.4 is 5.73 Å². The normalized spacial score (nSPS) is 13.4. The molecule has 14 heavy (non-hydrogen) atoms. The lowest BCUT2D eigenvalue weighted by molar-refractivity contribution is 0.180. The van der Waals surface area contributed by atoms with E-state index in [1.54, 1.807) is 0 Å². The van der Waals surface area contributed by atoms with Crippen LogP contribution in [0.4, 0.5) is 0 Å². The van der Waals surface area contributed by atoms with Crippen molar-refractivity contribution in [2.24, 2.45) is 5.73 Å². The van der Waals surface area contributed by atoms with Crippen LogP contribution in [0, 0.1) is 6.92 Å². The maximum absolute atomic E-state index is 9.71. The molecule has 0 amide bonds. The van der Waals surface area contributed by atoms with Gasteiger partial charge in [0.1, 0.15) is 11.8 Å². The number of nitrogens with zero attached hydrogens (tertiary/aromatic N) is 2. The van der Waals surface area contributed by atoms with Crippen molar-refractivity contribution >= 4 is 5.65 Å². The third kappa shape index (κ3) is 1.29. The minimum Gasteiger partial charge on any atom is -0.385 e. The Labute approximate surface area is 82.0 Å². The number of hydrogen-bond acceptors (Lipinski definition) is 3. The first-order chi connectivity index (χ1) is 6.74. The molecule has 0 aromatic carbocycles. The van der Waals surface area contributed by atoms with E-state index in [0.29, 0.717) is 0 Å². The third-order valence-corrected chi connectivity index (χ3v) is 2.29. The van der Waals surface area contributed by atoms with Gasteiger partial charge in [-0.25, -0.2) is 4.98 Å². The molecule has 0 aliphatic heterocycles. The fourth-order valence-corrected chi connectivity index (χ4v) is 1.65. The van der Waals surface area contributed by atoms with Gasteiger partial charge in [0.15, 0.2) is 0 Å². The van der Waals surface area contributed by atoms with Crippen LogP contribution in [0.25, 0.3) is 5.65 Å². The quantitative estimate of drug-likeness (QED) is 0.732. The van der Waals surface area contributed by atoms with E-state index in [2.05, 4.69) is 4.98 Å². The highest BCUT2D eigenvalue weighted by Gasteiger charge is 2.14. The van der Waals surface area contributed by atoms with Crippen molar-refractivity contribution in [2.45, 2.75) is 13.0 Å². The fraction of sp³-hybridized carbons (Fsp3) is 0.300. The molecule has 0 radical (unpaired) electrons. The summed E-state index contributed by atoms with van der Waals surface area (Å²) in [5, 5.41) is 9.71. The van der Waals surface area contributed by atoms with Crippen molar-refractivity contribution in [3.63, 3.8) is 0 Å². The van der Waals surface area contributed by atoms with Crippen molar-refractivity contribution in [1.82, 2.24) is 9.38 Å². The number of aliphatic hydroxyl groups excluding tert-OH is 1. The summed E-state index contributed by atoms with van der Waals surface area (Å²) in [5.41, 5.74) is 7.88. The Morgan fingerprint density at radius 2 is 2.36 bits per heavy atom. The minimum atomic E-state index is -0.646. The van der Waals surface area contributed by atoms with Crippen molar-refractivity contribution in [1.29, 1.82) is 0 Å². The lowest BCUT2D eigenvalue weighted by atomic mass is 10.2. The molecule has 4 heteroatoms. The highest BCUT2D eigenvalue weighted by molar-refractivity contribution is 5.43. The first kappa shape index (κ1) is 9.18. The largest absolute Gasteiger partial charge is 0.385 e. The Bertz CT molecular complexity index is 450. The molecule has 0 bridgehead atoms. The summed E-state index contributed by atoms with van der Waals surface area (Å²) < 4.78 is 1.87. The number of nitrogens with two attached hydrogens (primary N) is 1. The van der Waals surface area contributed by atoms with Gasteiger partial charge in [0.2, 0.25) is 0 Å². The molecule has 0 saturated heterocycles. The van der Waals surface area contributed by atoms with Gasteiger partial charge in [0.05, 0.1) is 11.4 Å². The second kappa shape index (κ2) is 3.40. The molecule has 4 nitrogen and oxygen atoms in total. The Hall–Kier alpha value is -1.39. The van der Waals surface area contributed by atoms with Crippen molar-refractivity contribution in [3.8, 4) is 0 Å². The Kier molecular flexibility index (Phi) is 2.23. The molecule has 1 atom stereocenters. The van der Waals surface area contributed by atoms with Crippen LogP contribution in [0.2, 0.25) is 0 Å². The van der Waals surface area contributed by atoms with E-state index < -0.39 is 6.10 Å². The van der Waals surface area contributed by atoms with Crippen LogP contribution >= 0.6 is 0 Å². The monoisotopic (exact) mass is 191 g/mol. The zero-order valence-corrected chi connectivity index (χ0v) is 8.01. The summed E-state index contributed by atoms with van der Waals surface area (Å²) in [4.78, 5) is 4.33. The molecule has 2 rings (SSSR count). The molecule has 0 spiro atoms. The molecular formula is C10H13N3O. The predicted octanol–water partition coefficient (Wildman–Crippen LogP) is 0.635. The molecule has 3 N–H and O–H groups in total. The van der Waals surface area contributed by atoms with Gasteiger partial charge in [0, 0.05) is 12.7 Å². The van der Waals surface area contributed by atoms with Crippen LogP contribution in [0.1, 0.15) is 17.5 Å². The Morgan fingerprint density at radius 1 is 1.57 bits per heavy atom. The van der Waals surface area contributed by atoms with E-state index in [-0.39, 0.29) is 6.54 Å². The maximum Gasteiger partial charge on any atom is 0.137 e. The lowest BCUT2D eigenvalue weighted by Gasteiger charge is -2.08. The van der Waals surface area contributed by atoms with Gasteiger partial charge in [-0.05, 0) is 19.1 Å². The predicted molar refractivity (Wildman–Crippen MR) is 53.9 cm³/mol. The first-order valence-corrected chi connectivity index (χ1v) is 4.55. The molecule has 0 saturated carbocycles. The summed E-state index contributed by atoms with van der Waals surface area (Å²) in [7, 11) is 0. The zero-order valence-electron chi connectivity index (χ0n) is 8.01. The molecule has 2 heterocycles. The number of hydrogen-bond donors (Lipinski definition) is 2. The second-order valence-electron chi connectivity index (χ2n) is 3.26. The van der Waals surface area contributed by atoms with Gasteiger partial charge in [0.25, 0.3) is 0 Å². The maximum atomic E-state index is 9.71. The molecule has 1 unspecified atom stereocenters.